The van der Waals surface area contributed by atoms with E-state index in [1.54, 1.807) is 0 Å². The lowest BCUT2D eigenvalue weighted by Crippen LogP contribution is -2.46. The van der Waals surface area contributed by atoms with Crippen molar-refractivity contribution in [3.8, 4) is 0 Å². The Morgan fingerprint density at radius 3 is 1.92 bits per heavy atom. The van der Waals surface area contributed by atoms with Crippen molar-refractivity contribution >= 4 is 0 Å². The van der Waals surface area contributed by atoms with Gasteiger partial charge in [-0.1, -0.05) is 0 Å². The Morgan fingerprint density at radius 2 is 1.67 bits per heavy atom. The van der Waals surface area contributed by atoms with E-state index in [-0.39, 0.29) is 12.6 Å². The number of likely N-dealkylation sites (N-methyl/N-ethyl adjacent to an activating group) is 2. The standard InChI is InChI=1S/C8H20N2O2/c1-9(2)5-8(12)7(6-11)10(3)4/h7-8,11-12H,5-6H2,1-4H3. The molecule has 0 aliphatic rings. The van der Waals surface area contributed by atoms with Gasteiger partial charge < -0.3 is 20.0 Å². The summed E-state index contributed by atoms with van der Waals surface area (Å²) in [6.45, 7) is 0.561. The van der Waals surface area contributed by atoms with Crippen molar-refractivity contribution in [2.24, 2.45) is 0 Å². The predicted octanol–water partition coefficient (Wildman–Crippen LogP) is -1.17. The second kappa shape index (κ2) is 5.48. The van der Waals surface area contributed by atoms with Crippen LogP contribution in [-0.4, -0.2) is 73.5 Å². The van der Waals surface area contributed by atoms with Gasteiger partial charge in [-0.05, 0) is 28.2 Å². The fraction of sp³-hybridized carbons (Fsp3) is 1.00. The number of aliphatic hydroxyl groups is 2. The lowest BCUT2D eigenvalue weighted by atomic mass is 10.1. The van der Waals surface area contributed by atoms with Gasteiger partial charge in [0.05, 0.1) is 18.8 Å². The zero-order valence-electron chi connectivity index (χ0n) is 8.36. The number of rotatable bonds is 5. The van der Waals surface area contributed by atoms with E-state index in [1.165, 1.54) is 0 Å². The van der Waals surface area contributed by atoms with E-state index in [2.05, 4.69) is 0 Å². The molecule has 2 atom stereocenters. The molecule has 0 bridgehead atoms. The highest BCUT2D eigenvalue weighted by Gasteiger charge is 2.20. The van der Waals surface area contributed by atoms with Gasteiger partial charge >= 0.3 is 0 Å². The maximum atomic E-state index is 9.61. The van der Waals surface area contributed by atoms with Gasteiger partial charge in [0.2, 0.25) is 0 Å². The fourth-order valence-corrected chi connectivity index (χ4v) is 1.12. The van der Waals surface area contributed by atoms with Crippen LogP contribution in [-0.2, 0) is 0 Å². The number of aliphatic hydroxyl groups excluding tert-OH is 2. The predicted molar refractivity (Wildman–Crippen MR) is 49.1 cm³/mol. The molecule has 74 valence electrons. The minimum Gasteiger partial charge on any atom is -0.395 e. The van der Waals surface area contributed by atoms with Crippen LogP contribution in [0.2, 0.25) is 0 Å². The first kappa shape index (κ1) is 11.8. The van der Waals surface area contributed by atoms with Crippen molar-refractivity contribution in [2.45, 2.75) is 12.1 Å². The Balaban J connectivity index is 3.94. The van der Waals surface area contributed by atoms with E-state index >= 15 is 0 Å². The maximum Gasteiger partial charge on any atom is 0.0843 e. The molecule has 0 saturated heterocycles. The quantitative estimate of drug-likeness (QED) is 0.554. The molecule has 0 aliphatic heterocycles. The van der Waals surface area contributed by atoms with Crippen LogP contribution >= 0.6 is 0 Å². The third kappa shape index (κ3) is 4.01. The third-order valence-electron chi connectivity index (χ3n) is 1.85. The van der Waals surface area contributed by atoms with E-state index in [0.29, 0.717) is 6.54 Å². The van der Waals surface area contributed by atoms with Crippen LogP contribution in [0.4, 0.5) is 0 Å². The zero-order valence-corrected chi connectivity index (χ0v) is 8.36. The second-order valence-electron chi connectivity index (χ2n) is 3.54. The van der Waals surface area contributed by atoms with E-state index in [0.717, 1.165) is 0 Å². The van der Waals surface area contributed by atoms with E-state index in [9.17, 15) is 5.11 Å². The Morgan fingerprint density at radius 1 is 1.17 bits per heavy atom. The van der Waals surface area contributed by atoms with Crippen LogP contribution < -0.4 is 0 Å². The lowest BCUT2D eigenvalue weighted by Gasteiger charge is -2.28. The van der Waals surface area contributed by atoms with Crippen LogP contribution in [0.25, 0.3) is 0 Å². The Bertz CT molecular complexity index is 118. The first-order valence-electron chi connectivity index (χ1n) is 4.09. The first-order chi connectivity index (χ1) is 5.49. The largest absolute Gasteiger partial charge is 0.395 e. The van der Waals surface area contributed by atoms with Gasteiger partial charge in [-0.3, -0.25) is 0 Å². The van der Waals surface area contributed by atoms with E-state index in [1.807, 2.05) is 38.0 Å². The molecule has 0 aliphatic carbocycles. The SMILES string of the molecule is CN(C)CC(O)C(CO)N(C)C. The van der Waals surface area contributed by atoms with Gasteiger partial charge in [-0.2, -0.15) is 0 Å². The summed E-state index contributed by atoms with van der Waals surface area (Å²) in [6.07, 6.45) is -0.500. The minimum atomic E-state index is -0.500. The van der Waals surface area contributed by atoms with Crippen molar-refractivity contribution in [1.29, 1.82) is 0 Å². The number of hydrogen-bond donors (Lipinski definition) is 2. The number of hydrogen-bond acceptors (Lipinski definition) is 4. The summed E-state index contributed by atoms with van der Waals surface area (Å²) in [5.74, 6) is 0. The molecule has 4 heteroatoms. The average Bonchev–Trinajstić information content (AvgIpc) is 1.85. The molecule has 0 radical (unpaired) electrons. The topological polar surface area (TPSA) is 46.9 Å². The molecule has 0 fully saturated rings. The second-order valence-corrected chi connectivity index (χ2v) is 3.54. The fourth-order valence-electron chi connectivity index (χ4n) is 1.12. The van der Waals surface area contributed by atoms with E-state index in [4.69, 9.17) is 5.11 Å². The average molecular weight is 176 g/mol. The molecule has 0 spiro atoms. The Labute approximate surface area is 74.4 Å². The zero-order chi connectivity index (χ0) is 9.72. The molecular formula is C8H20N2O2. The molecule has 0 rings (SSSR count). The first-order valence-corrected chi connectivity index (χ1v) is 4.09. The van der Waals surface area contributed by atoms with Crippen LogP contribution in [0.5, 0.6) is 0 Å². The number of nitrogens with zero attached hydrogens (tertiary/aromatic N) is 2. The van der Waals surface area contributed by atoms with Crippen molar-refractivity contribution < 1.29 is 10.2 Å². The highest BCUT2D eigenvalue weighted by atomic mass is 16.3. The summed E-state index contributed by atoms with van der Waals surface area (Å²) < 4.78 is 0. The summed E-state index contributed by atoms with van der Waals surface area (Å²) in [6, 6.07) is -0.174. The molecule has 2 unspecified atom stereocenters. The molecule has 12 heavy (non-hydrogen) atoms. The van der Waals surface area contributed by atoms with E-state index < -0.39 is 6.10 Å². The summed E-state index contributed by atoms with van der Waals surface area (Å²) in [5, 5.41) is 18.6. The van der Waals surface area contributed by atoms with Crippen LogP contribution in [0.3, 0.4) is 0 Å². The van der Waals surface area contributed by atoms with Gasteiger partial charge in [0.15, 0.2) is 0 Å². The maximum absolute atomic E-state index is 9.61. The van der Waals surface area contributed by atoms with Gasteiger partial charge in [0.25, 0.3) is 0 Å². The smallest absolute Gasteiger partial charge is 0.0843 e. The molecule has 0 aromatic carbocycles. The normalized spacial score (nSPS) is 17.0. The molecule has 2 N–H and O–H groups in total. The molecule has 0 aromatic rings. The third-order valence-corrected chi connectivity index (χ3v) is 1.85. The molecule has 0 aromatic heterocycles. The lowest BCUT2D eigenvalue weighted by molar-refractivity contribution is 0.0251. The van der Waals surface area contributed by atoms with Crippen molar-refractivity contribution in [3.63, 3.8) is 0 Å². The highest BCUT2D eigenvalue weighted by Crippen LogP contribution is 2.00. The van der Waals surface area contributed by atoms with Crippen molar-refractivity contribution in [1.82, 2.24) is 9.80 Å². The van der Waals surface area contributed by atoms with Gasteiger partial charge in [-0.15, -0.1) is 0 Å². The summed E-state index contributed by atoms with van der Waals surface area (Å²) in [7, 11) is 7.49. The van der Waals surface area contributed by atoms with Crippen LogP contribution in [0, 0.1) is 0 Å². The Hall–Kier alpha value is -0.160. The van der Waals surface area contributed by atoms with Crippen LogP contribution in [0.15, 0.2) is 0 Å². The van der Waals surface area contributed by atoms with Crippen LogP contribution in [0.1, 0.15) is 0 Å². The summed E-state index contributed by atoms with van der Waals surface area (Å²) in [5.41, 5.74) is 0. The molecule has 0 saturated carbocycles. The van der Waals surface area contributed by atoms with Crippen molar-refractivity contribution in [3.05, 3.63) is 0 Å². The molecular weight excluding hydrogens is 156 g/mol. The van der Waals surface area contributed by atoms with Gasteiger partial charge in [0, 0.05) is 6.54 Å². The van der Waals surface area contributed by atoms with Gasteiger partial charge in [0.1, 0.15) is 0 Å². The van der Waals surface area contributed by atoms with Gasteiger partial charge in [-0.25, -0.2) is 0 Å². The monoisotopic (exact) mass is 176 g/mol. The molecule has 0 heterocycles. The van der Waals surface area contributed by atoms with Crippen molar-refractivity contribution in [2.75, 3.05) is 41.3 Å². The molecule has 4 nitrogen and oxygen atoms in total. The highest BCUT2D eigenvalue weighted by molar-refractivity contribution is 4.76. The summed E-state index contributed by atoms with van der Waals surface area (Å²) >= 11 is 0. The Kier molecular flexibility index (Phi) is 5.41. The minimum absolute atomic E-state index is 0.0119. The molecule has 0 amide bonds. The summed E-state index contributed by atoms with van der Waals surface area (Å²) in [4.78, 5) is 3.73.